The second-order valence-electron chi connectivity index (χ2n) is 5.25. The fourth-order valence-corrected chi connectivity index (χ4v) is 3.20. The number of hydrogen-bond donors (Lipinski definition) is 0. The molecule has 3 atom stereocenters. The van der Waals surface area contributed by atoms with Gasteiger partial charge in [0.25, 0.3) is 0 Å². The van der Waals surface area contributed by atoms with Gasteiger partial charge in [0.05, 0.1) is 12.0 Å². The van der Waals surface area contributed by atoms with Crippen LogP contribution in [0, 0.1) is 28.6 Å². The summed E-state index contributed by atoms with van der Waals surface area (Å²) in [6, 6.07) is 2.40. The third-order valence-electron chi connectivity index (χ3n) is 4.15. The molecule has 0 aliphatic heterocycles. The molecule has 1 fully saturated rings. The van der Waals surface area contributed by atoms with Gasteiger partial charge in [-0.2, -0.15) is 5.26 Å². The number of hydrogen-bond acceptors (Lipinski definition) is 1. The molecule has 76 valence electrons. The van der Waals surface area contributed by atoms with Gasteiger partial charge in [-0.15, -0.1) is 0 Å². The Hall–Kier alpha value is -0.770. The van der Waals surface area contributed by atoms with Crippen molar-refractivity contribution < 1.29 is 0 Å². The molecular weight excluding hydrogens is 170 g/mol. The molecule has 0 saturated heterocycles. The summed E-state index contributed by atoms with van der Waals surface area (Å²) in [7, 11) is 0. The zero-order valence-corrected chi connectivity index (χ0v) is 9.21. The van der Waals surface area contributed by atoms with Crippen molar-refractivity contribution >= 4 is 0 Å². The molecule has 2 rings (SSSR count). The van der Waals surface area contributed by atoms with Crippen molar-refractivity contribution in [2.45, 2.75) is 46.0 Å². The molecular formula is C13H19N. The van der Waals surface area contributed by atoms with E-state index in [4.69, 9.17) is 5.26 Å². The van der Waals surface area contributed by atoms with Gasteiger partial charge < -0.3 is 0 Å². The Morgan fingerprint density at radius 1 is 1.43 bits per heavy atom. The molecule has 2 aliphatic rings. The van der Waals surface area contributed by atoms with Gasteiger partial charge in [0.15, 0.2) is 0 Å². The SMILES string of the molecule is CC1CCCC2(C)CCC(C#N)C=C12. The zero-order chi connectivity index (χ0) is 10.2. The van der Waals surface area contributed by atoms with E-state index >= 15 is 0 Å². The topological polar surface area (TPSA) is 23.8 Å². The monoisotopic (exact) mass is 189 g/mol. The molecule has 0 N–H and O–H groups in total. The van der Waals surface area contributed by atoms with E-state index in [9.17, 15) is 0 Å². The summed E-state index contributed by atoms with van der Waals surface area (Å²) in [6.45, 7) is 4.71. The lowest BCUT2D eigenvalue weighted by Gasteiger charge is -2.43. The van der Waals surface area contributed by atoms with E-state index in [0.29, 0.717) is 11.3 Å². The lowest BCUT2D eigenvalue weighted by atomic mass is 9.61. The largest absolute Gasteiger partial charge is 0.198 e. The minimum absolute atomic E-state index is 0.193. The summed E-state index contributed by atoms with van der Waals surface area (Å²) in [5.74, 6) is 0.906. The highest BCUT2D eigenvalue weighted by Crippen LogP contribution is 2.50. The Kier molecular flexibility index (Phi) is 2.39. The Morgan fingerprint density at radius 2 is 2.21 bits per heavy atom. The Balaban J connectivity index is 2.31. The van der Waals surface area contributed by atoms with E-state index in [0.717, 1.165) is 6.42 Å². The van der Waals surface area contributed by atoms with Crippen LogP contribution in [0.4, 0.5) is 0 Å². The molecule has 0 spiro atoms. The predicted molar refractivity (Wildman–Crippen MR) is 57.5 cm³/mol. The van der Waals surface area contributed by atoms with Crippen molar-refractivity contribution in [2.75, 3.05) is 0 Å². The summed E-state index contributed by atoms with van der Waals surface area (Å²) in [5.41, 5.74) is 2.02. The second-order valence-corrected chi connectivity index (χ2v) is 5.25. The maximum Gasteiger partial charge on any atom is 0.0697 e. The summed E-state index contributed by atoms with van der Waals surface area (Å²) in [6.07, 6.45) is 8.59. The lowest BCUT2D eigenvalue weighted by molar-refractivity contribution is 0.220. The summed E-state index contributed by atoms with van der Waals surface area (Å²) >= 11 is 0. The van der Waals surface area contributed by atoms with Gasteiger partial charge in [0, 0.05) is 0 Å². The average molecular weight is 189 g/mol. The van der Waals surface area contributed by atoms with Gasteiger partial charge in [-0.25, -0.2) is 0 Å². The highest BCUT2D eigenvalue weighted by Gasteiger charge is 2.38. The minimum atomic E-state index is 0.193. The molecule has 14 heavy (non-hydrogen) atoms. The predicted octanol–water partition coefficient (Wildman–Crippen LogP) is 3.67. The molecule has 0 radical (unpaired) electrons. The van der Waals surface area contributed by atoms with Crippen LogP contribution in [-0.2, 0) is 0 Å². The second kappa shape index (κ2) is 3.42. The number of nitriles is 1. The van der Waals surface area contributed by atoms with Crippen molar-refractivity contribution in [2.24, 2.45) is 17.3 Å². The van der Waals surface area contributed by atoms with Crippen LogP contribution in [0.25, 0.3) is 0 Å². The van der Waals surface area contributed by atoms with Gasteiger partial charge in [0.1, 0.15) is 0 Å². The maximum absolute atomic E-state index is 8.96. The highest BCUT2D eigenvalue weighted by atomic mass is 14.4. The van der Waals surface area contributed by atoms with Gasteiger partial charge in [-0.3, -0.25) is 0 Å². The highest BCUT2D eigenvalue weighted by molar-refractivity contribution is 5.25. The third-order valence-corrected chi connectivity index (χ3v) is 4.15. The van der Waals surface area contributed by atoms with Gasteiger partial charge in [0.2, 0.25) is 0 Å². The number of allylic oxidation sites excluding steroid dienone is 2. The molecule has 1 heteroatoms. The van der Waals surface area contributed by atoms with Crippen LogP contribution in [0.5, 0.6) is 0 Å². The van der Waals surface area contributed by atoms with Crippen molar-refractivity contribution in [1.82, 2.24) is 0 Å². The van der Waals surface area contributed by atoms with E-state index in [1.807, 2.05) is 0 Å². The van der Waals surface area contributed by atoms with Crippen LogP contribution < -0.4 is 0 Å². The summed E-state index contributed by atoms with van der Waals surface area (Å²) in [4.78, 5) is 0. The van der Waals surface area contributed by atoms with Gasteiger partial charge >= 0.3 is 0 Å². The molecule has 1 saturated carbocycles. The van der Waals surface area contributed by atoms with Crippen molar-refractivity contribution in [3.05, 3.63) is 11.6 Å². The van der Waals surface area contributed by atoms with Crippen molar-refractivity contribution in [1.29, 1.82) is 5.26 Å². The van der Waals surface area contributed by atoms with Gasteiger partial charge in [-0.05, 0) is 37.0 Å². The van der Waals surface area contributed by atoms with E-state index in [2.05, 4.69) is 26.0 Å². The fraction of sp³-hybridized carbons (Fsp3) is 0.769. The molecule has 0 aromatic heterocycles. The fourth-order valence-electron chi connectivity index (χ4n) is 3.20. The maximum atomic E-state index is 8.96. The smallest absolute Gasteiger partial charge is 0.0697 e. The number of nitrogens with zero attached hydrogens (tertiary/aromatic N) is 1. The van der Waals surface area contributed by atoms with E-state index in [1.54, 1.807) is 5.57 Å². The molecule has 0 heterocycles. The minimum Gasteiger partial charge on any atom is -0.198 e. The first-order chi connectivity index (χ1) is 6.65. The molecule has 0 aromatic carbocycles. The first kappa shape index (κ1) is 9.77. The van der Waals surface area contributed by atoms with E-state index < -0.39 is 0 Å². The Morgan fingerprint density at radius 3 is 2.93 bits per heavy atom. The normalized spacial score (nSPS) is 42.2. The zero-order valence-electron chi connectivity index (χ0n) is 9.21. The van der Waals surface area contributed by atoms with Crippen molar-refractivity contribution in [3.8, 4) is 6.07 Å². The summed E-state index contributed by atoms with van der Waals surface area (Å²) in [5, 5.41) is 8.96. The Bertz CT molecular complexity index is 297. The van der Waals surface area contributed by atoms with Crippen LogP contribution in [0.1, 0.15) is 46.0 Å². The van der Waals surface area contributed by atoms with E-state index in [-0.39, 0.29) is 5.92 Å². The lowest BCUT2D eigenvalue weighted by Crippen LogP contribution is -2.31. The Labute approximate surface area is 86.8 Å². The van der Waals surface area contributed by atoms with Crippen LogP contribution in [-0.4, -0.2) is 0 Å². The standard InChI is InChI=1S/C13H19N/c1-10-4-3-6-13(2)7-5-11(9-14)8-12(10)13/h8,10-11H,3-7H2,1-2H3. The van der Waals surface area contributed by atoms with Crippen LogP contribution in [0.3, 0.4) is 0 Å². The third kappa shape index (κ3) is 1.47. The van der Waals surface area contributed by atoms with Crippen LogP contribution in [0.15, 0.2) is 11.6 Å². The van der Waals surface area contributed by atoms with Crippen LogP contribution >= 0.6 is 0 Å². The van der Waals surface area contributed by atoms with Crippen molar-refractivity contribution in [3.63, 3.8) is 0 Å². The van der Waals surface area contributed by atoms with Crippen LogP contribution in [0.2, 0.25) is 0 Å². The summed E-state index contributed by atoms with van der Waals surface area (Å²) < 4.78 is 0. The number of fused-ring (bicyclic) bond motifs is 1. The first-order valence-corrected chi connectivity index (χ1v) is 5.77. The van der Waals surface area contributed by atoms with Gasteiger partial charge in [-0.1, -0.05) is 31.9 Å². The first-order valence-electron chi connectivity index (χ1n) is 5.77. The molecule has 0 bridgehead atoms. The molecule has 0 amide bonds. The quantitative estimate of drug-likeness (QED) is 0.533. The molecule has 2 aliphatic carbocycles. The van der Waals surface area contributed by atoms with E-state index in [1.165, 1.54) is 25.7 Å². The molecule has 0 aromatic rings. The molecule has 3 unspecified atom stereocenters. The molecule has 1 nitrogen and oxygen atoms in total. The number of rotatable bonds is 0. The average Bonchev–Trinajstić information content (AvgIpc) is 2.17.